The van der Waals surface area contributed by atoms with Gasteiger partial charge in [0.25, 0.3) is 0 Å². The molecule has 0 spiro atoms. The molecule has 4 nitrogen and oxygen atoms in total. The topological polar surface area (TPSA) is 43.6 Å². The molecule has 0 atom stereocenters. The van der Waals surface area contributed by atoms with Crippen LogP contribution in [0.3, 0.4) is 0 Å². The molecule has 0 saturated heterocycles. The third-order valence-electron chi connectivity index (χ3n) is 2.60. The second kappa shape index (κ2) is 5.67. The molecule has 0 unspecified atom stereocenters. The predicted molar refractivity (Wildman–Crippen MR) is 72.9 cm³/mol. The zero-order valence-electron chi connectivity index (χ0n) is 10.3. The highest BCUT2D eigenvalue weighted by Crippen LogP contribution is 2.25. The Hall–Kier alpha value is -1.13. The quantitative estimate of drug-likeness (QED) is 0.806. The molecule has 96 valence electrons. The van der Waals surface area contributed by atoms with Crippen molar-refractivity contribution in [1.82, 2.24) is 19.7 Å². The van der Waals surface area contributed by atoms with Gasteiger partial charge in [-0.1, -0.05) is 37.0 Å². The van der Waals surface area contributed by atoms with Crippen LogP contribution in [-0.2, 0) is 13.0 Å². The number of aryl methyl sites for hydroxylation is 1. The van der Waals surface area contributed by atoms with Crippen LogP contribution in [0.25, 0.3) is 11.4 Å². The predicted octanol–water partition coefficient (Wildman–Crippen LogP) is 3.62. The molecule has 2 aromatic heterocycles. The minimum atomic E-state index is 0.413. The Labute approximate surface area is 116 Å². The normalized spacial score (nSPS) is 10.9. The summed E-state index contributed by atoms with van der Waals surface area (Å²) in [5, 5.41) is 5.06. The minimum Gasteiger partial charge on any atom is -0.272 e. The number of rotatable bonds is 4. The number of hydrogen-bond donors (Lipinski definition) is 0. The van der Waals surface area contributed by atoms with Gasteiger partial charge in [0.15, 0.2) is 5.82 Å². The summed E-state index contributed by atoms with van der Waals surface area (Å²) in [6.45, 7) is 4.94. The van der Waals surface area contributed by atoms with Gasteiger partial charge in [-0.25, -0.2) is 9.97 Å². The van der Waals surface area contributed by atoms with Crippen LogP contribution in [0.1, 0.15) is 25.8 Å². The standard InChI is InChI=1S/C12H14Cl2N4/c1-3-5-18-7-8(6-15-18)12-16-10(13)9(4-2)11(14)17-12/h6-7H,3-5H2,1-2H3. The van der Waals surface area contributed by atoms with E-state index < -0.39 is 0 Å². The van der Waals surface area contributed by atoms with E-state index in [0.29, 0.717) is 22.6 Å². The van der Waals surface area contributed by atoms with E-state index in [9.17, 15) is 0 Å². The van der Waals surface area contributed by atoms with Crippen LogP contribution in [-0.4, -0.2) is 19.7 Å². The van der Waals surface area contributed by atoms with Gasteiger partial charge in [-0.05, 0) is 12.8 Å². The molecule has 0 saturated carbocycles. The summed E-state index contributed by atoms with van der Waals surface area (Å²) >= 11 is 12.2. The first-order chi connectivity index (χ1) is 8.65. The lowest BCUT2D eigenvalue weighted by Gasteiger charge is -2.04. The van der Waals surface area contributed by atoms with Crippen LogP contribution in [0.2, 0.25) is 10.3 Å². The summed E-state index contributed by atoms with van der Waals surface area (Å²) in [6.07, 6.45) is 5.37. The van der Waals surface area contributed by atoms with Crippen LogP contribution < -0.4 is 0 Å². The molecule has 2 aromatic rings. The van der Waals surface area contributed by atoms with Gasteiger partial charge in [0, 0.05) is 18.3 Å². The molecule has 2 rings (SSSR count). The van der Waals surface area contributed by atoms with Gasteiger partial charge in [-0.3, -0.25) is 4.68 Å². The first-order valence-corrected chi connectivity index (χ1v) is 6.66. The van der Waals surface area contributed by atoms with E-state index in [2.05, 4.69) is 22.0 Å². The lowest BCUT2D eigenvalue weighted by molar-refractivity contribution is 0.603. The van der Waals surface area contributed by atoms with Crippen LogP contribution in [0.4, 0.5) is 0 Å². The molecule has 0 radical (unpaired) electrons. The summed E-state index contributed by atoms with van der Waals surface area (Å²) in [5.74, 6) is 0.518. The van der Waals surface area contributed by atoms with E-state index in [1.54, 1.807) is 6.20 Å². The zero-order valence-corrected chi connectivity index (χ0v) is 11.8. The smallest absolute Gasteiger partial charge is 0.165 e. The molecular weight excluding hydrogens is 271 g/mol. The van der Waals surface area contributed by atoms with Crippen LogP contribution in [0.5, 0.6) is 0 Å². The lowest BCUT2D eigenvalue weighted by atomic mass is 10.2. The summed E-state index contributed by atoms with van der Waals surface area (Å²) < 4.78 is 1.86. The van der Waals surface area contributed by atoms with Crippen molar-refractivity contribution in [3.63, 3.8) is 0 Å². The summed E-state index contributed by atoms with van der Waals surface area (Å²) in [7, 11) is 0. The SMILES string of the molecule is CCCn1cc(-c2nc(Cl)c(CC)c(Cl)n2)cn1. The fourth-order valence-corrected chi connectivity index (χ4v) is 2.34. The Morgan fingerprint density at radius 1 is 1.17 bits per heavy atom. The van der Waals surface area contributed by atoms with E-state index in [0.717, 1.165) is 24.1 Å². The second-order valence-corrected chi connectivity index (χ2v) is 4.67. The highest BCUT2D eigenvalue weighted by Gasteiger charge is 2.12. The lowest BCUT2D eigenvalue weighted by Crippen LogP contribution is -1.97. The maximum absolute atomic E-state index is 6.09. The van der Waals surface area contributed by atoms with E-state index >= 15 is 0 Å². The van der Waals surface area contributed by atoms with Crippen molar-refractivity contribution < 1.29 is 0 Å². The Morgan fingerprint density at radius 3 is 2.39 bits per heavy atom. The van der Waals surface area contributed by atoms with Gasteiger partial charge in [0.2, 0.25) is 0 Å². The molecule has 0 amide bonds. The third-order valence-corrected chi connectivity index (χ3v) is 3.23. The maximum Gasteiger partial charge on any atom is 0.165 e. The van der Waals surface area contributed by atoms with Crippen molar-refractivity contribution in [1.29, 1.82) is 0 Å². The molecular formula is C12H14Cl2N4. The van der Waals surface area contributed by atoms with E-state index in [1.165, 1.54) is 0 Å². The monoisotopic (exact) mass is 284 g/mol. The average molecular weight is 285 g/mol. The minimum absolute atomic E-state index is 0.413. The van der Waals surface area contributed by atoms with Crippen molar-refractivity contribution in [2.75, 3.05) is 0 Å². The highest BCUT2D eigenvalue weighted by molar-refractivity contribution is 6.34. The number of aromatic nitrogens is 4. The molecule has 0 N–H and O–H groups in total. The fourth-order valence-electron chi connectivity index (χ4n) is 1.68. The van der Waals surface area contributed by atoms with Gasteiger partial charge in [0.05, 0.1) is 11.8 Å². The molecule has 2 heterocycles. The number of hydrogen-bond acceptors (Lipinski definition) is 3. The molecule has 0 bridgehead atoms. The second-order valence-electron chi connectivity index (χ2n) is 3.95. The Kier molecular flexibility index (Phi) is 4.19. The van der Waals surface area contributed by atoms with Crippen LogP contribution in [0, 0.1) is 0 Å². The Morgan fingerprint density at radius 2 is 1.83 bits per heavy atom. The highest BCUT2D eigenvalue weighted by atomic mass is 35.5. The first kappa shape index (κ1) is 13.3. The van der Waals surface area contributed by atoms with E-state index in [4.69, 9.17) is 23.2 Å². The van der Waals surface area contributed by atoms with Gasteiger partial charge < -0.3 is 0 Å². The molecule has 0 aliphatic carbocycles. The van der Waals surface area contributed by atoms with Crippen molar-refractivity contribution in [3.05, 3.63) is 28.3 Å². The third kappa shape index (κ3) is 2.65. The summed E-state index contributed by atoms with van der Waals surface area (Å²) in [4.78, 5) is 8.53. The van der Waals surface area contributed by atoms with Gasteiger partial charge in [-0.15, -0.1) is 0 Å². The van der Waals surface area contributed by atoms with E-state index in [1.807, 2.05) is 17.8 Å². The molecule has 6 heteroatoms. The number of halogens is 2. The van der Waals surface area contributed by atoms with E-state index in [-0.39, 0.29) is 0 Å². The Balaban J connectivity index is 2.38. The average Bonchev–Trinajstić information content (AvgIpc) is 2.78. The maximum atomic E-state index is 6.09. The molecule has 0 aliphatic heterocycles. The van der Waals surface area contributed by atoms with Crippen molar-refractivity contribution in [2.45, 2.75) is 33.2 Å². The van der Waals surface area contributed by atoms with Gasteiger partial charge in [-0.2, -0.15) is 5.10 Å². The number of nitrogens with zero attached hydrogens (tertiary/aromatic N) is 4. The molecule has 0 fully saturated rings. The summed E-state index contributed by atoms with van der Waals surface area (Å²) in [5.41, 5.74) is 1.61. The largest absolute Gasteiger partial charge is 0.272 e. The van der Waals surface area contributed by atoms with Gasteiger partial charge in [0.1, 0.15) is 10.3 Å². The molecule has 18 heavy (non-hydrogen) atoms. The van der Waals surface area contributed by atoms with Crippen molar-refractivity contribution >= 4 is 23.2 Å². The van der Waals surface area contributed by atoms with Crippen LogP contribution >= 0.6 is 23.2 Å². The van der Waals surface area contributed by atoms with Crippen molar-refractivity contribution in [3.8, 4) is 11.4 Å². The zero-order chi connectivity index (χ0) is 13.1. The Bertz CT molecular complexity index is 528. The van der Waals surface area contributed by atoms with Crippen LogP contribution in [0.15, 0.2) is 12.4 Å². The van der Waals surface area contributed by atoms with Gasteiger partial charge >= 0.3 is 0 Å². The fraction of sp³-hybridized carbons (Fsp3) is 0.417. The first-order valence-electron chi connectivity index (χ1n) is 5.90. The molecule has 0 aliphatic rings. The van der Waals surface area contributed by atoms with Crippen molar-refractivity contribution in [2.24, 2.45) is 0 Å². The molecule has 0 aromatic carbocycles. The summed E-state index contributed by atoms with van der Waals surface area (Å²) in [6, 6.07) is 0.